The van der Waals surface area contributed by atoms with Crippen LogP contribution in [0.5, 0.6) is 11.5 Å². The third kappa shape index (κ3) is 7.43. The molecule has 1 saturated heterocycles. The molecule has 0 radical (unpaired) electrons. The first kappa shape index (κ1) is 30.1. The molecular weight excluding hydrogens is 480 g/mol. The van der Waals surface area contributed by atoms with E-state index in [9.17, 15) is 9.59 Å². The highest BCUT2D eigenvalue weighted by molar-refractivity contribution is 6.01. The first-order valence-corrected chi connectivity index (χ1v) is 12.3. The molecule has 2 amide bonds. The summed E-state index contributed by atoms with van der Waals surface area (Å²) in [4.78, 5) is 42.7. The number of ether oxygens (including phenoxy) is 3. The summed E-state index contributed by atoms with van der Waals surface area (Å²) < 4.78 is 16.4. The zero-order valence-corrected chi connectivity index (χ0v) is 22.8. The highest BCUT2D eigenvalue weighted by Crippen LogP contribution is 2.34. The van der Waals surface area contributed by atoms with Crippen molar-refractivity contribution in [2.75, 3.05) is 33.7 Å². The number of anilines is 1. The van der Waals surface area contributed by atoms with Crippen LogP contribution in [-0.2, 0) is 19.2 Å². The van der Waals surface area contributed by atoms with E-state index in [4.69, 9.17) is 29.0 Å². The molecule has 0 aromatic heterocycles. The summed E-state index contributed by atoms with van der Waals surface area (Å²) in [6.07, 6.45) is 3.87. The lowest BCUT2D eigenvalue weighted by atomic mass is 10.1. The van der Waals surface area contributed by atoms with Gasteiger partial charge in [-0.05, 0) is 39.0 Å². The van der Waals surface area contributed by atoms with E-state index < -0.39 is 12.1 Å². The van der Waals surface area contributed by atoms with E-state index in [-0.39, 0.29) is 35.9 Å². The van der Waals surface area contributed by atoms with E-state index in [2.05, 4.69) is 17.2 Å². The average Bonchev–Trinajstić information content (AvgIpc) is 3.33. The maximum atomic E-state index is 12.5. The SMILES string of the molecule is C=CNC(=O)c1cc(OC)c(OOC(C)C(N=C[C@@H]2CCC(OC)N2C(=O)CC)[C@@H](C)OC)cc1NC. The number of rotatable bonds is 14. The number of hydrogen-bond donors (Lipinski definition) is 2. The van der Waals surface area contributed by atoms with E-state index in [1.54, 1.807) is 44.5 Å². The van der Waals surface area contributed by atoms with Crippen LogP contribution in [0.1, 0.15) is 50.4 Å². The molecule has 0 bridgehead atoms. The molecule has 0 spiro atoms. The summed E-state index contributed by atoms with van der Waals surface area (Å²) in [5.41, 5.74) is 0.869. The summed E-state index contributed by atoms with van der Waals surface area (Å²) in [5, 5.41) is 5.51. The van der Waals surface area contributed by atoms with Crippen molar-refractivity contribution in [2.45, 2.75) is 70.6 Å². The van der Waals surface area contributed by atoms with E-state index >= 15 is 0 Å². The van der Waals surface area contributed by atoms with Crippen molar-refractivity contribution in [2.24, 2.45) is 4.99 Å². The number of carbonyl (C=O) groups excluding carboxylic acids is 2. The van der Waals surface area contributed by atoms with Gasteiger partial charge in [-0.2, -0.15) is 4.89 Å². The number of carbonyl (C=O) groups is 2. The van der Waals surface area contributed by atoms with Crippen molar-refractivity contribution >= 4 is 23.7 Å². The van der Waals surface area contributed by atoms with E-state index in [0.717, 1.165) is 12.8 Å². The Kier molecular flexibility index (Phi) is 11.8. The smallest absolute Gasteiger partial charge is 0.257 e. The van der Waals surface area contributed by atoms with Crippen LogP contribution in [0.25, 0.3) is 0 Å². The van der Waals surface area contributed by atoms with Gasteiger partial charge in [0, 0.05) is 40.0 Å². The molecule has 5 atom stereocenters. The minimum absolute atomic E-state index is 0.0161. The number of aliphatic imine (C=N–C) groups is 1. The molecule has 1 aromatic rings. The van der Waals surface area contributed by atoms with Gasteiger partial charge >= 0.3 is 0 Å². The predicted octanol–water partition coefficient (Wildman–Crippen LogP) is 3.16. The fraction of sp³-hybridized carbons (Fsp3) is 0.577. The summed E-state index contributed by atoms with van der Waals surface area (Å²) in [7, 11) is 6.36. The summed E-state index contributed by atoms with van der Waals surface area (Å²) in [5.74, 6) is 0.257. The summed E-state index contributed by atoms with van der Waals surface area (Å²) in [6, 6.07) is 2.55. The molecule has 11 nitrogen and oxygen atoms in total. The van der Waals surface area contributed by atoms with Gasteiger partial charge in [-0.25, -0.2) is 0 Å². The van der Waals surface area contributed by atoms with Crippen molar-refractivity contribution in [3.8, 4) is 11.5 Å². The number of benzene rings is 1. The largest absolute Gasteiger partial charge is 0.493 e. The van der Waals surface area contributed by atoms with Gasteiger partial charge in [0.15, 0.2) is 5.75 Å². The molecule has 1 aliphatic rings. The first-order valence-electron chi connectivity index (χ1n) is 12.3. The monoisotopic (exact) mass is 520 g/mol. The van der Waals surface area contributed by atoms with Crippen molar-refractivity contribution in [3.63, 3.8) is 0 Å². The van der Waals surface area contributed by atoms with Crippen molar-refractivity contribution < 1.29 is 33.6 Å². The minimum Gasteiger partial charge on any atom is -0.493 e. The molecule has 37 heavy (non-hydrogen) atoms. The van der Waals surface area contributed by atoms with E-state index in [1.165, 1.54) is 13.3 Å². The molecule has 2 rings (SSSR count). The fourth-order valence-corrected chi connectivity index (χ4v) is 4.21. The van der Waals surface area contributed by atoms with Gasteiger partial charge < -0.3 is 34.6 Å². The fourth-order valence-electron chi connectivity index (χ4n) is 4.21. The van der Waals surface area contributed by atoms with Gasteiger partial charge in [-0.15, -0.1) is 0 Å². The second-order valence-corrected chi connectivity index (χ2v) is 8.58. The molecule has 0 aliphatic carbocycles. The molecule has 11 heteroatoms. The topological polar surface area (TPSA) is 120 Å². The number of likely N-dealkylation sites (tertiary alicyclic amines) is 1. The molecule has 206 valence electrons. The zero-order chi connectivity index (χ0) is 27.5. The van der Waals surface area contributed by atoms with Crippen molar-refractivity contribution in [3.05, 3.63) is 30.5 Å². The normalized spacial score (nSPS) is 19.8. The van der Waals surface area contributed by atoms with Crippen molar-refractivity contribution in [1.29, 1.82) is 0 Å². The Morgan fingerprint density at radius 3 is 2.49 bits per heavy atom. The van der Waals surface area contributed by atoms with Crippen LogP contribution < -0.4 is 20.3 Å². The van der Waals surface area contributed by atoms with Crippen LogP contribution in [-0.4, -0.2) is 81.8 Å². The van der Waals surface area contributed by atoms with Crippen molar-refractivity contribution in [1.82, 2.24) is 10.2 Å². The molecule has 2 N–H and O–H groups in total. The Balaban J connectivity index is 2.22. The first-order chi connectivity index (χ1) is 17.8. The van der Waals surface area contributed by atoms with Gasteiger partial charge in [0.25, 0.3) is 5.91 Å². The van der Waals surface area contributed by atoms with Crippen LogP contribution in [0.3, 0.4) is 0 Å². The number of nitrogens with one attached hydrogen (secondary N) is 2. The summed E-state index contributed by atoms with van der Waals surface area (Å²) >= 11 is 0. The minimum atomic E-state index is -0.535. The second kappa shape index (κ2) is 14.6. The maximum Gasteiger partial charge on any atom is 0.257 e. The number of hydrogen-bond acceptors (Lipinski definition) is 9. The third-order valence-corrected chi connectivity index (χ3v) is 6.34. The molecule has 1 heterocycles. The number of amides is 2. The Labute approximate surface area is 219 Å². The molecule has 1 fully saturated rings. The van der Waals surface area contributed by atoms with E-state index in [1.807, 2.05) is 20.8 Å². The molecule has 0 saturated carbocycles. The Morgan fingerprint density at radius 2 is 1.92 bits per heavy atom. The number of nitrogens with zero attached hydrogens (tertiary/aromatic N) is 2. The van der Waals surface area contributed by atoms with Gasteiger partial charge in [0.05, 0.1) is 30.5 Å². The molecule has 1 aromatic carbocycles. The average molecular weight is 521 g/mol. The highest BCUT2D eigenvalue weighted by Gasteiger charge is 2.36. The van der Waals surface area contributed by atoms with Gasteiger partial charge in [-0.1, -0.05) is 13.5 Å². The maximum absolute atomic E-state index is 12.5. The van der Waals surface area contributed by atoms with Crippen LogP contribution in [0.15, 0.2) is 29.9 Å². The van der Waals surface area contributed by atoms with E-state index in [0.29, 0.717) is 23.4 Å². The van der Waals surface area contributed by atoms with Gasteiger partial charge in [-0.3, -0.25) is 14.6 Å². The Morgan fingerprint density at radius 1 is 1.19 bits per heavy atom. The highest BCUT2D eigenvalue weighted by atomic mass is 17.2. The lowest BCUT2D eigenvalue weighted by Gasteiger charge is -2.28. The lowest BCUT2D eigenvalue weighted by molar-refractivity contribution is -0.249. The quantitative estimate of drug-likeness (QED) is 0.218. The molecule has 3 unspecified atom stereocenters. The van der Waals surface area contributed by atoms with Crippen LogP contribution in [0, 0.1) is 0 Å². The molecular formula is C26H40N4O7. The predicted molar refractivity (Wildman–Crippen MR) is 141 cm³/mol. The standard InChI is InChI=1S/C26H40N4O7/c1-9-23(31)30-18(11-12-24(30)35-8)15-29-25(16(3)33-6)17(4)36-37-22-14-20(27-5)19(13-21(22)34-7)26(32)28-10-2/h10,13-18,24-25,27H,2,9,11-12H2,1,3-8H3,(H,28,32)/t16-,17?,18+,24?,25?/m1/s1. The van der Waals surface area contributed by atoms with Crippen LogP contribution in [0.4, 0.5) is 5.69 Å². The van der Waals surface area contributed by atoms with Crippen LogP contribution >= 0.6 is 0 Å². The van der Waals surface area contributed by atoms with Gasteiger partial charge in [0.1, 0.15) is 18.4 Å². The number of methoxy groups -OCH3 is 3. The Hall–Kier alpha value is -3.15. The molecule has 1 aliphatic heterocycles. The zero-order valence-electron chi connectivity index (χ0n) is 22.8. The third-order valence-electron chi connectivity index (χ3n) is 6.34. The van der Waals surface area contributed by atoms with Gasteiger partial charge in [0.2, 0.25) is 11.7 Å². The summed E-state index contributed by atoms with van der Waals surface area (Å²) in [6.45, 7) is 9.05. The van der Waals surface area contributed by atoms with Crippen LogP contribution in [0.2, 0.25) is 0 Å². The Bertz CT molecular complexity index is 955. The lowest BCUT2D eigenvalue weighted by Crippen LogP contribution is -2.43. The second-order valence-electron chi connectivity index (χ2n) is 8.58.